The van der Waals surface area contributed by atoms with Gasteiger partial charge in [0.2, 0.25) is 5.91 Å². The van der Waals surface area contributed by atoms with Gasteiger partial charge in [-0.1, -0.05) is 30.0 Å². The van der Waals surface area contributed by atoms with E-state index in [0.29, 0.717) is 18.8 Å². The standard InChI is InChI=1S/C25H24N6O3S/c32-23(27-18-19-13-15-26-16-14-19)8-4-5-17-35-25-29-28-24(30(25)21-6-2-1-3-7-21)20-9-11-22(12-10-20)31(33)34/h1-3,6-7,9-16H,4-5,8,17-18H2,(H,27,32). The fourth-order valence-corrected chi connectivity index (χ4v) is 4.38. The molecule has 4 rings (SSSR count). The molecule has 0 aliphatic carbocycles. The van der Waals surface area contributed by atoms with Crippen LogP contribution in [-0.4, -0.2) is 36.3 Å². The van der Waals surface area contributed by atoms with E-state index in [9.17, 15) is 14.9 Å². The lowest BCUT2D eigenvalue weighted by molar-refractivity contribution is -0.384. The number of hydrogen-bond donors (Lipinski definition) is 1. The van der Waals surface area contributed by atoms with E-state index in [4.69, 9.17) is 0 Å². The summed E-state index contributed by atoms with van der Waals surface area (Å²) in [6.07, 6.45) is 5.50. The van der Waals surface area contributed by atoms with Crippen LogP contribution in [0.5, 0.6) is 0 Å². The Balaban J connectivity index is 1.36. The molecule has 4 aromatic rings. The van der Waals surface area contributed by atoms with Crippen LogP contribution in [0.15, 0.2) is 84.3 Å². The van der Waals surface area contributed by atoms with Gasteiger partial charge in [0, 0.05) is 54.5 Å². The molecule has 0 radical (unpaired) electrons. The van der Waals surface area contributed by atoms with Crippen molar-refractivity contribution in [1.82, 2.24) is 25.1 Å². The minimum absolute atomic E-state index is 0.0268. The monoisotopic (exact) mass is 488 g/mol. The molecule has 1 amide bonds. The largest absolute Gasteiger partial charge is 0.352 e. The van der Waals surface area contributed by atoms with Crippen LogP contribution in [0.1, 0.15) is 24.8 Å². The van der Waals surface area contributed by atoms with Crippen molar-refractivity contribution in [3.63, 3.8) is 0 Å². The fraction of sp³-hybridized carbons (Fsp3) is 0.200. The number of benzene rings is 2. The summed E-state index contributed by atoms with van der Waals surface area (Å²) in [6, 6.07) is 19.8. The van der Waals surface area contributed by atoms with Gasteiger partial charge in [-0.2, -0.15) is 0 Å². The Bertz CT molecular complexity index is 1260. The van der Waals surface area contributed by atoms with Gasteiger partial charge in [0.1, 0.15) is 0 Å². The lowest BCUT2D eigenvalue weighted by Gasteiger charge is -2.10. The molecule has 0 bridgehead atoms. The Morgan fingerprint density at radius 3 is 2.43 bits per heavy atom. The van der Waals surface area contributed by atoms with Crippen LogP contribution in [0.25, 0.3) is 17.1 Å². The number of nitro benzene ring substituents is 1. The number of nitrogens with one attached hydrogen (secondary N) is 1. The molecular formula is C25H24N6O3S. The molecule has 0 aliphatic heterocycles. The van der Waals surface area contributed by atoms with Gasteiger partial charge < -0.3 is 5.32 Å². The van der Waals surface area contributed by atoms with Crippen LogP contribution in [0.3, 0.4) is 0 Å². The fourth-order valence-electron chi connectivity index (χ4n) is 3.43. The smallest absolute Gasteiger partial charge is 0.269 e. The van der Waals surface area contributed by atoms with Gasteiger partial charge in [-0.3, -0.25) is 24.5 Å². The minimum atomic E-state index is -0.424. The van der Waals surface area contributed by atoms with Crippen LogP contribution >= 0.6 is 11.8 Å². The summed E-state index contributed by atoms with van der Waals surface area (Å²) < 4.78 is 1.95. The van der Waals surface area contributed by atoms with E-state index >= 15 is 0 Å². The Morgan fingerprint density at radius 2 is 1.71 bits per heavy atom. The van der Waals surface area contributed by atoms with Crippen LogP contribution in [0.4, 0.5) is 5.69 Å². The zero-order chi connectivity index (χ0) is 24.5. The molecule has 0 atom stereocenters. The Labute approximate surface area is 206 Å². The van der Waals surface area contributed by atoms with Crippen molar-refractivity contribution in [3.05, 3.63) is 94.8 Å². The van der Waals surface area contributed by atoms with Crippen molar-refractivity contribution in [3.8, 4) is 17.1 Å². The summed E-state index contributed by atoms with van der Waals surface area (Å²) in [7, 11) is 0. The van der Waals surface area contributed by atoms with Crippen LogP contribution in [0.2, 0.25) is 0 Å². The number of unbranched alkanes of at least 4 members (excludes halogenated alkanes) is 1. The predicted octanol–water partition coefficient (Wildman–Crippen LogP) is 4.82. The van der Waals surface area contributed by atoms with Crippen molar-refractivity contribution in [2.45, 2.75) is 31.0 Å². The quantitative estimate of drug-likeness (QED) is 0.139. The van der Waals surface area contributed by atoms with Crippen molar-refractivity contribution >= 4 is 23.4 Å². The van der Waals surface area contributed by atoms with E-state index in [-0.39, 0.29) is 11.6 Å². The van der Waals surface area contributed by atoms with Crippen LogP contribution in [-0.2, 0) is 11.3 Å². The average Bonchev–Trinajstić information content (AvgIpc) is 3.32. The Kier molecular flexibility index (Phi) is 8.18. The Morgan fingerprint density at radius 1 is 0.971 bits per heavy atom. The first kappa shape index (κ1) is 24.1. The second-order valence-electron chi connectivity index (χ2n) is 7.72. The molecule has 35 heavy (non-hydrogen) atoms. The maximum Gasteiger partial charge on any atom is 0.269 e. The molecule has 0 saturated carbocycles. The molecule has 0 aliphatic rings. The zero-order valence-corrected chi connectivity index (χ0v) is 19.7. The molecule has 1 N–H and O–H groups in total. The summed E-state index contributed by atoms with van der Waals surface area (Å²) in [4.78, 5) is 26.7. The molecule has 0 fully saturated rings. The molecular weight excluding hydrogens is 464 g/mol. The van der Waals surface area contributed by atoms with Crippen LogP contribution < -0.4 is 5.32 Å². The number of para-hydroxylation sites is 1. The van der Waals surface area contributed by atoms with Gasteiger partial charge >= 0.3 is 0 Å². The molecule has 2 heterocycles. The number of nitro groups is 1. The van der Waals surface area contributed by atoms with Gasteiger partial charge in [-0.25, -0.2) is 0 Å². The van der Waals surface area contributed by atoms with E-state index in [1.54, 1.807) is 36.3 Å². The lowest BCUT2D eigenvalue weighted by Crippen LogP contribution is -2.22. The molecule has 10 heteroatoms. The van der Waals surface area contributed by atoms with E-state index in [2.05, 4.69) is 20.5 Å². The highest BCUT2D eigenvalue weighted by molar-refractivity contribution is 7.99. The van der Waals surface area contributed by atoms with Crippen molar-refractivity contribution in [2.24, 2.45) is 0 Å². The van der Waals surface area contributed by atoms with Crippen molar-refractivity contribution in [2.75, 3.05) is 5.75 Å². The highest BCUT2D eigenvalue weighted by Gasteiger charge is 2.17. The van der Waals surface area contributed by atoms with Gasteiger partial charge in [-0.05, 0) is 54.8 Å². The number of amides is 1. The van der Waals surface area contributed by atoms with Gasteiger partial charge in [0.15, 0.2) is 11.0 Å². The van der Waals surface area contributed by atoms with E-state index in [1.807, 2.05) is 47.0 Å². The third kappa shape index (κ3) is 6.51. The second kappa shape index (κ2) is 11.9. The number of aromatic nitrogens is 4. The highest BCUT2D eigenvalue weighted by atomic mass is 32.2. The number of rotatable bonds is 11. The first-order valence-corrected chi connectivity index (χ1v) is 12.1. The summed E-state index contributed by atoms with van der Waals surface area (Å²) in [5.41, 5.74) is 2.69. The second-order valence-corrected chi connectivity index (χ2v) is 8.78. The summed E-state index contributed by atoms with van der Waals surface area (Å²) in [5.74, 6) is 1.42. The maximum atomic E-state index is 12.1. The average molecular weight is 489 g/mol. The van der Waals surface area contributed by atoms with Crippen molar-refractivity contribution in [1.29, 1.82) is 0 Å². The summed E-state index contributed by atoms with van der Waals surface area (Å²) in [5, 5.41) is 23.4. The molecule has 2 aromatic heterocycles. The molecule has 0 spiro atoms. The predicted molar refractivity (Wildman–Crippen MR) is 134 cm³/mol. The zero-order valence-electron chi connectivity index (χ0n) is 18.9. The van der Waals surface area contributed by atoms with Gasteiger partial charge in [0.05, 0.1) is 4.92 Å². The van der Waals surface area contributed by atoms with Crippen molar-refractivity contribution < 1.29 is 9.72 Å². The number of carbonyl (C=O) groups is 1. The van der Waals surface area contributed by atoms with E-state index < -0.39 is 4.92 Å². The number of thioether (sulfide) groups is 1. The van der Waals surface area contributed by atoms with Gasteiger partial charge in [-0.15, -0.1) is 10.2 Å². The number of carbonyl (C=O) groups excluding carboxylic acids is 1. The van der Waals surface area contributed by atoms with E-state index in [0.717, 1.165) is 40.6 Å². The van der Waals surface area contributed by atoms with Crippen LogP contribution in [0, 0.1) is 10.1 Å². The summed E-state index contributed by atoms with van der Waals surface area (Å²) in [6.45, 7) is 0.502. The minimum Gasteiger partial charge on any atom is -0.352 e. The SMILES string of the molecule is O=C(CCCCSc1nnc(-c2ccc([N+](=O)[O-])cc2)n1-c1ccccc1)NCc1ccncc1. The first-order valence-electron chi connectivity index (χ1n) is 11.2. The summed E-state index contributed by atoms with van der Waals surface area (Å²) >= 11 is 1.57. The third-order valence-corrected chi connectivity index (χ3v) is 6.27. The molecule has 2 aromatic carbocycles. The number of nitrogens with zero attached hydrogens (tertiary/aromatic N) is 5. The topological polar surface area (TPSA) is 116 Å². The lowest BCUT2D eigenvalue weighted by atomic mass is 10.2. The van der Waals surface area contributed by atoms with Gasteiger partial charge in [0.25, 0.3) is 5.69 Å². The molecule has 178 valence electrons. The van der Waals surface area contributed by atoms with E-state index in [1.165, 1.54) is 12.1 Å². The maximum absolute atomic E-state index is 12.1. The molecule has 0 saturated heterocycles. The molecule has 0 unspecified atom stereocenters. The highest BCUT2D eigenvalue weighted by Crippen LogP contribution is 2.29. The number of hydrogen-bond acceptors (Lipinski definition) is 7. The number of non-ortho nitro benzene ring substituents is 1. The molecule has 9 nitrogen and oxygen atoms in total. The number of pyridine rings is 1. The Hall–Kier alpha value is -4.05. The third-order valence-electron chi connectivity index (χ3n) is 5.25. The normalized spacial score (nSPS) is 10.7. The first-order chi connectivity index (χ1) is 17.1.